The van der Waals surface area contributed by atoms with E-state index in [4.69, 9.17) is 14.2 Å². The van der Waals surface area contributed by atoms with Gasteiger partial charge >= 0.3 is 0 Å². The Morgan fingerprint density at radius 1 is 0.455 bits per heavy atom. The van der Waals surface area contributed by atoms with Crippen molar-refractivity contribution in [3.8, 4) is 23.0 Å². The van der Waals surface area contributed by atoms with Crippen molar-refractivity contribution in [2.24, 2.45) is 0 Å². The average molecular weight is 639 g/mol. The summed E-state index contributed by atoms with van der Waals surface area (Å²) in [5, 5.41) is 9.39. The van der Waals surface area contributed by atoms with Crippen LogP contribution in [0, 0.1) is 0 Å². The van der Waals surface area contributed by atoms with Crippen LogP contribution in [-0.4, -0.2) is 41.8 Å². The maximum absolute atomic E-state index is 12.9. The lowest BCUT2D eigenvalue weighted by Gasteiger charge is -2.10. The predicted molar refractivity (Wildman–Crippen MR) is 168 cm³/mol. The molecular weight excluding hydrogens is 601 g/mol. The monoisotopic (exact) mass is 638 g/mol. The minimum atomic E-state index is -3.66. The molecule has 0 spiro atoms. The van der Waals surface area contributed by atoms with Gasteiger partial charge in [-0.05, 0) is 116 Å². The molecule has 0 bridgehead atoms. The molecule has 0 aromatic heterocycles. The number of sulfone groups is 2. The maximum Gasteiger partial charge on any atom is 0.206 e. The molecule has 8 nitrogen and oxygen atoms in total. The Hall–Kier alpha value is -4.02. The molecule has 4 rings (SSSR count). The van der Waals surface area contributed by atoms with E-state index in [9.17, 15) is 21.9 Å². The Balaban J connectivity index is 1.10. The zero-order valence-corrected chi connectivity index (χ0v) is 26.4. The second kappa shape index (κ2) is 15.6. The van der Waals surface area contributed by atoms with Gasteiger partial charge in [-0.25, -0.2) is 16.8 Å². The summed E-state index contributed by atoms with van der Waals surface area (Å²) < 4.78 is 68.4. The molecule has 0 atom stereocenters. The summed E-state index contributed by atoms with van der Waals surface area (Å²) in [5.41, 5.74) is 0. The summed E-state index contributed by atoms with van der Waals surface area (Å²) in [6, 6.07) is 24.7. The number of hydrogen-bond acceptors (Lipinski definition) is 8. The SMILES string of the molecule is CCCOc1ccc(S(=O)(=O)c2ccc(OCCCCCCCOc3ccc(S(=O)(=O)c4ccc(O)cc4)cc3)cc2)cc1. The number of ether oxygens (including phenoxy) is 3. The molecule has 0 aliphatic carbocycles. The van der Waals surface area contributed by atoms with Crippen LogP contribution >= 0.6 is 0 Å². The van der Waals surface area contributed by atoms with Crippen LogP contribution in [-0.2, 0) is 19.7 Å². The molecule has 0 heterocycles. The molecule has 0 aliphatic heterocycles. The van der Waals surface area contributed by atoms with E-state index >= 15 is 0 Å². The lowest BCUT2D eigenvalue weighted by atomic mass is 10.1. The molecule has 0 radical (unpaired) electrons. The summed E-state index contributed by atoms with van der Waals surface area (Å²) in [4.78, 5) is 0.715. The fourth-order valence-corrected chi connectivity index (χ4v) is 6.90. The fourth-order valence-electron chi connectivity index (χ4n) is 4.38. The molecule has 0 amide bonds. The lowest BCUT2D eigenvalue weighted by Crippen LogP contribution is -2.03. The molecule has 234 valence electrons. The Bertz CT molecular complexity index is 1660. The first-order chi connectivity index (χ1) is 21.2. The van der Waals surface area contributed by atoms with Crippen LogP contribution < -0.4 is 14.2 Å². The number of phenols is 1. The number of hydrogen-bond donors (Lipinski definition) is 1. The molecule has 10 heteroatoms. The van der Waals surface area contributed by atoms with E-state index in [2.05, 4.69) is 0 Å². The molecule has 0 aliphatic rings. The third-order valence-electron chi connectivity index (χ3n) is 6.85. The summed E-state index contributed by atoms with van der Waals surface area (Å²) in [7, 11) is -7.28. The van der Waals surface area contributed by atoms with Gasteiger partial charge in [-0.3, -0.25) is 0 Å². The van der Waals surface area contributed by atoms with Crippen molar-refractivity contribution in [2.75, 3.05) is 19.8 Å². The molecule has 0 saturated heterocycles. The Morgan fingerprint density at radius 3 is 1.09 bits per heavy atom. The van der Waals surface area contributed by atoms with Gasteiger partial charge in [0.05, 0.1) is 39.4 Å². The van der Waals surface area contributed by atoms with Gasteiger partial charge in [0.2, 0.25) is 19.7 Å². The van der Waals surface area contributed by atoms with Crippen LogP contribution in [0.15, 0.2) is 117 Å². The molecule has 1 N–H and O–H groups in total. The van der Waals surface area contributed by atoms with Crippen LogP contribution in [0.2, 0.25) is 0 Å². The highest BCUT2D eigenvalue weighted by Crippen LogP contribution is 2.26. The van der Waals surface area contributed by atoms with E-state index in [0.29, 0.717) is 37.1 Å². The molecule has 4 aromatic rings. The van der Waals surface area contributed by atoms with Crippen LogP contribution in [0.4, 0.5) is 0 Å². The normalized spacial score (nSPS) is 11.7. The first kappa shape index (κ1) is 32.9. The predicted octanol–water partition coefficient (Wildman–Crippen LogP) is 7.25. The van der Waals surface area contributed by atoms with Gasteiger partial charge < -0.3 is 19.3 Å². The number of rotatable bonds is 17. The van der Waals surface area contributed by atoms with Crippen molar-refractivity contribution in [3.05, 3.63) is 97.1 Å². The van der Waals surface area contributed by atoms with Crippen molar-refractivity contribution in [2.45, 2.75) is 65.0 Å². The van der Waals surface area contributed by atoms with Crippen molar-refractivity contribution in [1.29, 1.82) is 0 Å². The van der Waals surface area contributed by atoms with Crippen molar-refractivity contribution in [3.63, 3.8) is 0 Å². The van der Waals surface area contributed by atoms with Gasteiger partial charge in [0.25, 0.3) is 0 Å². The van der Waals surface area contributed by atoms with Crippen LogP contribution in [0.5, 0.6) is 23.0 Å². The zero-order valence-electron chi connectivity index (χ0n) is 24.7. The first-order valence-corrected chi connectivity index (χ1v) is 17.6. The molecule has 0 unspecified atom stereocenters. The lowest BCUT2D eigenvalue weighted by molar-refractivity contribution is 0.293. The maximum atomic E-state index is 12.9. The third-order valence-corrected chi connectivity index (χ3v) is 10.4. The largest absolute Gasteiger partial charge is 0.508 e. The van der Waals surface area contributed by atoms with Gasteiger partial charge in [0.1, 0.15) is 23.0 Å². The zero-order chi connectivity index (χ0) is 31.4. The Kier molecular flexibility index (Phi) is 11.7. The second-order valence-corrected chi connectivity index (χ2v) is 14.1. The number of aromatic hydroxyl groups is 1. The first-order valence-electron chi connectivity index (χ1n) is 14.7. The Labute approximate surface area is 260 Å². The van der Waals surface area contributed by atoms with Gasteiger partial charge in [-0.1, -0.05) is 26.2 Å². The highest BCUT2D eigenvalue weighted by molar-refractivity contribution is 7.91. The number of benzene rings is 4. The quantitative estimate of drug-likeness (QED) is 0.120. The molecule has 0 fully saturated rings. The van der Waals surface area contributed by atoms with Gasteiger partial charge in [0.15, 0.2) is 0 Å². The molecule has 0 saturated carbocycles. The van der Waals surface area contributed by atoms with Crippen molar-refractivity contribution < 1.29 is 36.2 Å². The fraction of sp³-hybridized carbons (Fsp3) is 0.294. The standard InChI is InChI=1S/C34H38O8S2/c1-2-24-40-28-10-18-33(19-11-28)44(38,39)34-22-14-30(15-23-34)42-26-7-5-3-4-6-25-41-29-12-20-32(21-13-29)43(36,37)31-16-8-27(35)9-17-31/h8-23,35H,2-7,24-26H2,1H3. The van der Waals surface area contributed by atoms with E-state index in [0.717, 1.165) is 38.5 Å². The number of phenolic OH excluding ortho intramolecular Hbond substituents is 1. The van der Waals surface area contributed by atoms with E-state index in [-0.39, 0.29) is 25.3 Å². The average Bonchev–Trinajstić information content (AvgIpc) is 3.04. The number of unbranched alkanes of at least 4 members (excludes halogenated alkanes) is 4. The topological polar surface area (TPSA) is 116 Å². The molecule has 44 heavy (non-hydrogen) atoms. The molecule has 4 aromatic carbocycles. The van der Waals surface area contributed by atoms with Gasteiger partial charge in [0, 0.05) is 0 Å². The van der Waals surface area contributed by atoms with Gasteiger partial charge in [-0.2, -0.15) is 0 Å². The minimum Gasteiger partial charge on any atom is -0.508 e. The van der Waals surface area contributed by atoms with Crippen LogP contribution in [0.1, 0.15) is 45.4 Å². The molecular formula is C34H38O8S2. The second-order valence-electron chi connectivity index (χ2n) is 10.2. The van der Waals surface area contributed by atoms with Crippen molar-refractivity contribution in [1.82, 2.24) is 0 Å². The third kappa shape index (κ3) is 9.00. The van der Waals surface area contributed by atoms with Gasteiger partial charge in [-0.15, -0.1) is 0 Å². The summed E-state index contributed by atoms with van der Waals surface area (Å²) in [5.74, 6) is 1.89. The highest BCUT2D eigenvalue weighted by atomic mass is 32.2. The Morgan fingerprint density at radius 2 is 0.750 bits per heavy atom. The summed E-state index contributed by atoms with van der Waals surface area (Å²) in [6.07, 6.45) is 5.64. The van der Waals surface area contributed by atoms with Crippen molar-refractivity contribution >= 4 is 19.7 Å². The van der Waals surface area contributed by atoms with Crippen LogP contribution in [0.3, 0.4) is 0 Å². The highest BCUT2D eigenvalue weighted by Gasteiger charge is 2.18. The smallest absolute Gasteiger partial charge is 0.206 e. The van der Waals surface area contributed by atoms with E-state index in [1.54, 1.807) is 60.7 Å². The van der Waals surface area contributed by atoms with Crippen LogP contribution in [0.25, 0.3) is 0 Å². The van der Waals surface area contributed by atoms with E-state index < -0.39 is 19.7 Å². The summed E-state index contributed by atoms with van der Waals surface area (Å²) >= 11 is 0. The van der Waals surface area contributed by atoms with E-state index in [1.165, 1.54) is 36.4 Å². The summed E-state index contributed by atoms with van der Waals surface area (Å²) in [6.45, 7) is 3.67. The van der Waals surface area contributed by atoms with E-state index in [1.807, 2.05) is 6.92 Å². The minimum absolute atomic E-state index is 0.00999.